The predicted octanol–water partition coefficient (Wildman–Crippen LogP) is 4.18. The molecule has 0 amide bonds. The minimum Gasteiger partial charge on any atom is -0.309 e. The summed E-state index contributed by atoms with van der Waals surface area (Å²) < 4.78 is 0. The van der Waals surface area contributed by atoms with E-state index < -0.39 is 0 Å². The van der Waals surface area contributed by atoms with Gasteiger partial charge in [-0.15, -0.1) is 0 Å². The minimum absolute atomic E-state index is 0.627. The lowest BCUT2D eigenvalue weighted by Gasteiger charge is -2.29. The van der Waals surface area contributed by atoms with Gasteiger partial charge in [-0.3, -0.25) is 0 Å². The first-order valence-corrected chi connectivity index (χ1v) is 8.15. The molecule has 1 aliphatic rings. The molecule has 1 aromatic carbocycles. The fraction of sp³-hybridized carbons (Fsp3) is 0.625. The van der Waals surface area contributed by atoms with Gasteiger partial charge in [-0.25, -0.2) is 0 Å². The van der Waals surface area contributed by atoms with Crippen molar-refractivity contribution < 1.29 is 0 Å². The molecule has 0 bridgehead atoms. The van der Waals surface area contributed by atoms with Crippen molar-refractivity contribution in [1.29, 1.82) is 0 Å². The maximum atomic E-state index is 3.72. The molecule has 0 spiro atoms. The van der Waals surface area contributed by atoms with Crippen molar-refractivity contribution in [3.63, 3.8) is 0 Å². The van der Waals surface area contributed by atoms with Gasteiger partial charge in [0.15, 0.2) is 0 Å². The molecule has 18 heavy (non-hydrogen) atoms. The number of hydrogen-bond donors (Lipinski definition) is 1. The summed E-state index contributed by atoms with van der Waals surface area (Å²) >= 11 is 2.11. The molecule has 2 unspecified atom stereocenters. The lowest BCUT2D eigenvalue weighted by atomic mass is 10.0. The Labute approximate surface area is 116 Å². The maximum absolute atomic E-state index is 3.72. The lowest BCUT2D eigenvalue weighted by Crippen LogP contribution is -2.38. The minimum atomic E-state index is 0.627. The summed E-state index contributed by atoms with van der Waals surface area (Å²) in [6.45, 7) is 7.85. The van der Waals surface area contributed by atoms with Gasteiger partial charge < -0.3 is 5.32 Å². The van der Waals surface area contributed by atoms with Gasteiger partial charge in [-0.05, 0) is 35.6 Å². The van der Waals surface area contributed by atoms with Gasteiger partial charge in [-0.2, -0.15) is 11.8 Å². The molecule has 1 N–H and O–H groups in total. The molecular formula is C16H25NS. The second-order valence-corrected chi connectivity index (χ2v) is 7.09. The SMILES string of the molecule is CC(C)c1ccc(CNC2CCCSC2C)cc1. The Morgan fingerprint density at radius 1 is 1.28 bits per heavy atom. The fourth-order valence-electron chi connectivity index (χ4n) is 2.46. The molecule has 1 nitrogen and oxygen atoms in total. The van der Waals surface area contributed by atoms with E-state index in [1.807, 2.05) is 0 Å². The van der Waals surface area contributed by atoms with E-state index in [9.17, 15) is 0 Å². The van der Waals surface area contributed by atoms with Crippen molar-refractivity contribution >= 4 is 11.8 Å². The Kier molecular flexibility index (Phi) is 5.13. The van der Waals surface area contributed by atoms with E-state index in [2.05, 4.69) is 62.1 Å². The molecule has 0 radical (unpaired) electrons. The van der Waals surface area contributed by atoms with Crippen LogP contribution in [-0.2, 0) is 6.54 Å². The number of thioether (sulfide) groups is 1. The van der Waals surface area contributed by atoms with Gasteiger partial charge in [-0.1, -0.05) is 45.0 Å². The Morgan fingerprint density at radius 2 is 2.00 bits per heavy atom. The highest BCUT2D eigenvalue weighted by molar-refractivity contribution is 7.99. The summed E-state index contributed by atoms with van der Waals surface area (Å²) in [5.74, 6) is 1.96. The van der Waals surface area contributed by atoms with E-state index in [-0.39, 0.29) is 0 Å². The van der Waals surface area contributed by atoms with Gasteiger partial charge in [0, 0.05) is 17.8 Å². The number of benzene rings is 1. The van der Waals surface area contributed by atoms with E-state index in [0.29, 0.717) is 12.0 Å². The second-order valence-electron chi connectivity index (χ2n) is 5.60. The zero-order chi connectivity index (χ0) is 13.0. The highest BCUT2D eigenvalue weighted by Gasteiger charge is 2.20. The summed E-state index contributed by atoms with van der Waals surface area (Å²) in [5.41, 5.74) is 2.84. The van der Waals surface area contributed by atoms with Crippen LogP contribution in [0.4, 0.5) is 0 Å². The van der Waals surface area contributed by atoms with Crippen molar-refractivity contribution in [3.8, 4) is 0 Å². The molecule has 100 valence electrons. The number of rotatable bonds is 4. The molecule has 2 atom stereocenters. The fourth-order valence-corrected chi connectivity index (χ4v) is 3.63. The first-order valence-electron chi connectivity index (χ1n) is 7.10. The zero-order valence-electron chi connectivity index (χ0n) is 11.8. The van der Waals surface area contributed by atoms with Crippen LogP contribution < -0.4 is 5.32 Å². The van der Waals surface area contributed by atoms with Crippen molar-refractivity contribution in [2.24, 2.45) is 0 Å². The Hall–Kier alpha value is -0.470. The molecule has 0 aliphatic carbocycles. The molecule has 2 heteroatoms. The lowest BCUT2D eigenvalue weighted by molar-refractivity contribution is 0.462. The molecule has 1 heterocycles. The standard InChI is InChI=1S/C16H25NS/c1-12(2)15-8-6-14(7-9-15)11-17-16-5-4-10-18-13(16)3/h6-9,12-13,16-17H,4-5,10-11H2,1-3H3. The number of nitrogens with one attached hydrogen (secondary N) is 1. The molecule has 1 aliphatic heterocycles. The van der Waals surface area contributed by atoms with Crippen LogP contribution in [0.2, 0.25) is 0 Å². The van der Waals surface area contributed by atoms with Gasteiger partial charge >= 0.3 is 0 Å². The quantitative estimate of drug-likeness (QED) is 0.874. The van der Waals surface area contributed by atoms with E-state index in [0.717, 1.165) is 11.8 Å². The Balaban J connectivity index is 1.85. The molecule has 1 aromatic rings. The van der Waals surface area contributed by atoms with Crippen LogP contribution >= 0.6 is 11.8 Å². The van der Waals surface area contributed by atoms with Crippen LogP contribution in [-0.4, -0.2) is 17.0 Å². The third-order valence-electron chi connectivity index (χ3n) is 3.82. The van der Waals surface area contributed by atoms with Gasteiger partial charge in [0.05, 0.1) is 0 Å². The van der Waals surface area contributed by atoms with Gasteiger partial charge in [0.2, 0.25) is 0 Å². The van der Waals surface area contributed by atoms with Crippen LogP contribution in [0.1, 0.15) is 50.7 Å². The highest BCUT2D eigenvalue weighted by Crippen LogP contribution is 2.25. The summed E-state index contributed by atoms with van der Waals surface area (Å²) in [7, 11) is 0. The highest BCUT2D eigenvalue weighted by atomic mass is 32.2. The molecule has 1 saturated heterocycles. The maximum Gasteiger partial charge on any atom is 0.0208 e. The second kappa shape index (κ2) is 6.63. The van der Waals surface area contributed by atoms with E-state index >= 15 is 0 Å². The van der Waals surface area contributed by atoms with Crippen molar-refractivity contribution in [3.05, 3.63) is 35.4 Å². The van der Waals surface area contributed by atoms with E-state index in [1.54, 1.807) is 0 Å². The number of hydrogen-bond acceptors (Lipinski definition) is 2. The third kappa shape index (κ3) is 3.76. The predicted molar refractivity (Wildman–Crippen MR) is 82.3 cm³/mol. The van der Waals surface area contributed by atoms with Crippen molar-refractivity contribution in [2.75, 3.05) is 5.75 Å². The largest absolute Gasteiger partial charge is 0.309 e. The van der Waals surface area contributed by atoms with E-state index in [4.69, 9.17) is 0 Å². The van der Waals surface area contributed by atoms with Crippen molar-refractivity contribution in [2.45, 2.75) is 57.4 Å². The average molecular weight is 263 g/mol. The third-order valence-corrected chi connectivity index (χ3v) is 5.20. The summed E-state index contributed by atoms with van der Waals surface area (Å²) in [4.78, 5) is 0. The van der Waals surface area contributed by atoms with Crippen LogP contribution in [0.5, 0.6) is 0 Å². The van der Waals surface area contributed by atoms with Crippen LogP contribution in [0, 0.1) is 0 Å². The molecule has 0 aromatic heterocycles. The smallest absolute Gasteiger partial charge is 0.0208 e. The molecule has 2 rings (SSSR count). The first kappa shape index (κ1) is 14.0. The summed E-state index contributed by atoms with van der Waals surface area (Å²) in [5, 5.41) is 4.47. The summed E-state index contributed by atoms with van der Waals surface area (Å²) in [6.07, 6.45) is 2.69. The van der Waals surface area contributed by atoms with E-state index in [1.165, 1.54) is 29.7 Å². The Bertz CT molecular complexity index is 358. The van der Waals surface area contributed by atoms with Gasteiger partial charge in [0.25, 0.3) is 0 Å². The van der Waals surface area contributed by atoms with Crippen LogP contribution in [0.3, 0.4) is 0 Å². The average Bonchev–Trinajstić information content (AvgIpc) is 2.38. The topological polar surface area (TPSA) is 12.0 Å². The van der Waals surface area contributed by atoms with Crippen LogP contribution in [0.25, 0.3) is 0 Å². The normalized spacial score (nSPS) is 24.4. The monoisotopic (exact) mass is 263 g/mol. The van der Waals surface area contributed by atoms with Crippen LogP contribution in [0.15, 0.2) is 24.3 Å². The molecule has 1 fully saturated rings. The Morgan fingerprint density at radius 3 is 2.61 bits per heavy atom. The molecular weight excluding hydrogens is 238 g/mol. The first-order chi connectivity index (χ1) is 8.66. The zero-order valence-corrected chi connectivity index (χ0v) is 12.6. The summed E-state index contributed by atoms with van der Waals surface area (Å²) in [6, 6.07) is 9.75. The van der Waals surface area contributed by atoms with Gasteiger partial charge in [0.1, 0.15) is 0 Å². The molecule has 0 saturated carbocycles. The van der Waals surface area contributed by atoms with Crippen molar-refractivity contribution in [1.82, 2.24) is 5.32 Å².